The average Bonchev–Trinajstić information content (AvgIpc) is 3.24. The lowest BCUT2D eigenvalue weighted by Gasteiger charge is -2.33. The highest BCUT2D eigenvalue weighted by molar-refractivity contribution is 8.00. The van der Waals surface area contributed by atoms with E-state index in [1.165, 1.54) is 31.0 Å². The number of amides is 1. The summed E-state index contributed by atoms with van der Waals surface area (Å²) in [6.45, 7) is 0.904. The van der Waals surface area contributed by atoms with Gasteiger partial charge in [0, 0.05) is 38.1 Å². The molecule has 3 N–H and O–H groups in total. The molecule has 0 aromatic carbocycles. The molecule has 1 aliphatic rings. The molecule has 10 nitrogen and oxygen atoms in total. The Morgan fingerprint density at radius 3 is 2.82 bits per heavy atom. The molecule has 39 heavy (non-hydrogen) atoms. The monoisotopic (exact) mass is 566 g/mol. The quantitative estimate of drug-likeness (QED) is 0.226. The second-order valence-electron chi connectivity index (χ2n) is 8.59. The zero-order valence-corrected chi connectivity index (χ0v) is 22.1. The number of hydrogen-bond donors (Lipinski definition) is 3. The second kappa shape index (κ2) is 12.0. The van der Waals surface area contributed by atoms with Gasteiger partial charge in [0.2, 0.25) is 5.82 Å². The van der Waals surface area contributed by atoms with Crippen LogP contribution in [0.3, 0.4) is 0 Å². The minimum atomic E-state index is -4.59. The minimum Gasteiger partial charge on any atom is -0.491 e. The number of pyridine rings is 1. The van der Waals surface area contributed by atoms with Crippen LogP contribution in [0.15, 0.2) is 29.6 Å². The Bertz CT molecular complexity index is 1400. The summed E-state index contributed by atoms with van der Waals surface area (Å²) in [6.07, 6.45) is 2.17. The molecule has 3 aromatic rings. The second-order valence-corrected chi connectivity index (χ2v) is 9.65. The van der Waals surface area contributed by atoms with Gasteiger partial charge in [-0.05, 0) is 31.5 Å². The first-order valence-corrected chi connectivity index (χ1v) is 12.6. The minimum absolute atomic E-state index is 0.0468. The van der Waals surface area contributed by atoms with Crippen LogP contribution in [0, 0.1) is 11.8 Å². The third-order valence-corrected chi connectivity index (χ3v) is 6.68. The number of carbonyl (C=O) groups excluding carboxylic acids is 1. The Labute approximate surface area is 225 Å². The van der Waals surface area contributed by atoms with Crippen LogP contribution >= 0.6 is 11.8 Å². The Balaban J connectivity index is 1.61. The molecule has 0 bridgehead atoms. The predicted octanol–water partition coefficient (Wildman–Crippen LogP) is 3.02. The van der Waals surface area contributed by atoms with E-state index in [9.17, 15) is 22.4 Å². The average molecular weight is 567 g/mol. The van der Waals surface area contributed by atoms with E-state index in [-0.39, 0.29) is 58.6 Å². The van der Waals surface area contributed by atoms with Crippen LogP contribution in [0.5, 0.6) is 5.75 Å². The standard InChI is InChI=1S/C24H26F4N8O2S/c1-29-22(37)20-31-12-18(38-3)19(34-20)30-9-4-6-17-23(39-24(26,27)28)36-10-5-7-16(21(36)33-17)32-15-8-11-35(2)13-14(15)25/h5,7,10,12,14-15,32H,8-9,11,13H2,1-3H3,(H,29,37)(H,30,31,34)/t14-,15+/m0/s1. The third kappa shape index (κ3) is 6.82. The van der Waals surface area contributed by atoms with Gasteiger partial charge in [-0.3, -0.25) is 9.20 Å². The lowest BCUT2D eigenvalue weighted by atomic mass is 10.0. The number of methoxy groups -OCH3 is 1. The van der Waals surface area contributed by atoms with Gasteiger partial charge in [-0.2, -0.15) is 13.2 Å². The molecular weight excluding hydrogens is 540 g/mol. The maximum absolute atomic E-state index is 14.6. The molecule has 0 spiro atoms. The summed E-state index contributed by atoms with van der Waals surface area (Å²) in [5.41, 5.74) is -4.05. The lowest BCUT2D eigenvalue weighted by Crippen LogP contribution is -2.46. The number of halogens is 4. The molecule has 0 aliphatic carbocycles. The van der Waals surface area contributed by atoms with E-state index in [1.807, 2.05) is 11.9 Å². The number of rotatable bonds is 7. The van der Waals surface area contributed by atoms with E-state index in [4.69, 9.17) is 4.74 Å². The first-order chi connectivity index (χ1) is 18.6. The number of hydrogen-bond acceptors (Lipinski definition) is 9. The number of nitrogens with one attached hydrogen (secondary N) is 3. The van der Waals surface area contributed by atoms with E-state index in [0.29, 0.717) is 18.7 Å². The zero-order chi connectivity index (χ0) is 28.2. The molecule has 1 aliphatic heterocycles. The number of nitrogens with zero attached hydrogens (tertiary/aromatic N) is 5. The van der Waals surface area contributed by atoms with Gasteiger partial charge in [0.05, 0.1) is 31.6 Å². The van der Waals surface area contributed by atoms with Crippen molar-refractivity contribution >= 4 is 34.8 Å². The number of likely N-dealkylation sites (tertiary alicyclic amines) is 1. The number of anilines is 2. The third-order valence-electron chi connectivity index (χ3n) is 5.86. The fraction of sp³-hybridized carbons (Fsp3) is 0.417. The number of thioether (sulfide) groups is 1. The van der Waals surface area contributed by atoms with Crippen LogP contribution in [0.25, 0.3) is 5.65 Å². The van der Waals surface area contributed by atoms with Crippen molar-refractivity contribution in [3.8, 4) is 17.6 Å². The number of carbonyl (C=O) groups is 1. The van der Waals surface area contributed by atoms with Crippen molar-refractivity contribution in [1.82, 2.24) is 29.6 Å². The van der Waals surface area contributed by atoms with Crippen LogP contribution < -0.4 is 20.7 Å². The summed E-state index contributed by atoms with van der Waals surface area (Å²) >= 11 is -0.329. The number of aromatic nitrogens is 4. The smallest absolute Gasteiger partial charge is 0.447 e. The predicted molar refractivity (Wildman–Crippen MR) is 139 cm³/mol. The van der Waals surface area contributed by atoms with Gasteiger partial charge in [0.1, 0.15) is 16.9 Å². The van der Waals surface area contributed by atoms with Gasteiger partial charge in [0.15, 0.2) is 17.2 Å². The summed E-state index contributed by atoms with van der Waals surface area (Å²) in [5, 5.41) is 8.20. The lowest BCUT2D eigenvalue weighted by molar-refractivity contribution is -0.0330. The molecule has 4 rings (SSSR count). The highest BCUT2D eigenvalue weighted by Crippen LogP contribution is 2.39. The van der Waals surface area contributed by atoms with Crippen molar-refractivity contribution in [3.05, 3.63) is 36.0 Å². The Morgan fingerprint density at radius 1 is 1.33 bits per heavy atom. The summed E-state index contributed by atoms with van der Waals surface area (Å²) in [6, 6.07) is 2.73. The molecule has 208 valence electrons. The summed E-state index contributed by atoms with van der Waals surface area (Å²) in [5.74, 6) is 5.27. The fourth-order valence-electron chi connectivity index (χ4n) is 3.99. The van der Waals surface area contributed by atoms with Crippen LogP contribution in [0.4, 0.5) is 29.1 Å². The molecule has 1 amide bonds. The number of imidazole rings is 1. The molecule has 0 saturated carbocycles. The molecule has 0 unspecified atom stereocenters. The van der Waals surface area contributed by atoms with Crippen molar-refractivity contribution in [3.63, 3.8) is 0 Å². The Hall–Kier alpha value is -3.77. The fourth-order valence-corrected chi connectivity index (χ4v) is 4.65. The van der Waals surface area contributed by atoms with Gasteiger partial charge >= 0.3 is 5.51 Å². The topological polar surface area (TPSA) is 109 Å². The number of piperidine rings is 1. The largest absolute Gasteiger partial charge is 0.491 e. The molecule has 15 heteroatoms. The number of alkyl halides is 4. The Kier molecular flexibility index (Phi) is 8.66. The highest BCUT2D eigenvalue weighted by Gasteiger charge is 2.33. The highest BCUT2D eigenvalue weighted by atomic mass is 32.2. The normalized spacial score (nSPS) is 17.8. The van der Waals surface area contributed by atoms with Crippen LogP contribution in [0.1, 0.15) is 22.7 Å². The van der Waals surface area contributed by atoms with E-state index >= 15 is 0 Å². The molecule has 3 aromatic heterocycles. The summed E-state index contributed by atoms with van der Waals surface area (Å²) in [4.78, 5) is 26.1. The van der Waals surface area contributed by atoms with Crippen molar-refractivity contribution in [2.45, 2.75) is 29.2 Å². The molecule has 1 saturated heterocycles. The first kappa shape index (κ1) is 28.2. The Morgan fingerprint density at radius 2 is 2.13 bits per heavy atom. The number of fused-ring (bicyclic) bond motifs is 1. The zero-order valence-electron chi connectivity index (χ0n) is 21.3. The van der Waals surface area contributed by atoms with Gasteiger partial charge in [0.25, 0.3) is 5.91 Å². The SMILES string of the molecule is CNC(=O)c1ncc(OC)c(NCC#Cc2nc3c(N[C@@H]4CCN(C)C[C@@H]4F)cccn3c2SC(F)(F)F)n1. The van der Waals surface area contributed by atoms with Crippen molar-refractivity contribution in [2.24, 2.45) is 0 Å². The van der Waals surface area contributed by atoms with E-state index < -0.39 is 23.6 Å². The van der Waals surface area contributed by atoms with E-state index in [1.54, 1.807) is 12.1 Å². The van der Waals surface area contributed by atoms with Crippen molar-refractivity contribution in [1.29, 1.82) is 0 Å². The molecule has 2 atom stereocenters. The van der Waals surface area contributed by atoms with E-state index in [2.05, 4.69) is 42.7 Å². The maximum atomic E-state index is 14.6. The van der Waals surface area contributed by atoms with E-state index in [0.717, 1.165) is 0 Å². The molecule has 4 heterocycles. The molecular formula is C24H26F4N8O2S. The van der Waals surface area contributed by atoms with Gasteiger partial charge in [-0.1, -0.05) is 5.92 Å². The summed E-state index contributed by atoms with van der Waals surface area (Å²) < 4.78 is 61.4. The van der Waals surface area contributed by atoms with Gasteiger partial charge < -0.3 is 25.6 Å². The number of ether oxygens (including phenoxy) is 1. The maximum Gasteiger partial charge on any atom is 0.447 e. The van der Waals surface area contributed by atoms with Crippen LogP contribution in [-0.2, 0) is 0 Å². The van der Waals surface area contributed by atoms with Crippen LogP contribution in [0.2, 0.25) is 0 Å². The van der Waals surface area contributed by atoms with Crippen molar-refractivity contribution < 1.29 is 27.1 Å². The molecule has 0 radical (unpaired) electrons. The van der Waals surface area contributed by atoms with Crippen LogP contribution in [-0.4, -0.2) is 88.7 Å². The molecule has 1 fully saturated rings. The van der Waals surface area contributed by atoms with Crippen molar-refractivity contribution in [2.75, 3.05) is 51.5 Å². The van der Waals surface area contributed by atoms with Gasteiger partial charge in [-0.25, -0.2) is 19.3 Å². The first-order valence-electron chi connectivity index (χ1n) is 11.8. The van der Waals surface area contributed by atoms with Gasteiger partial charge in [-0.15, -0.1) is 0 Å². The summed E-state index contributed by atoms with van der Waals surface area (Å²) in [7, 11) is 4.67.